The standard InChI is InChI=1S/C17H13NO2/c1-12-9-10-16(17(11-12)18(19)20)15-8-4-6-13-5-2-3-7-14(13)15/h2-11H,1H3. The monoisotopic (exact) mass is 263 g/mol. The molecule has 20 heavy (non-hydrogen) atoms. The number of benzene rings is 3. The lowest BCUT2D eigenvalue weighted by molar-refractivity contribution is -0.384. The number of nitrogens with zero attached hydrogens (tertiary/aromatic N) is 1. The van der Waals surface area contributed by atoms with Gasteiger partial charge in [-0.15, -0.1) is 0 Å². The molecule has 0 saturated carbocycles. The molecule has 0 unspecified atom stereocenters. The van der Waals surface area contributed by atoms with Crippen LogP contribution in [0.3, 0.4) is 0 Å². The van der Waals surface area contributed by atoms with E-state index in [4.69, 9.17) is 0 Å². The topological polar surface area (TPSA) is 43.1 Å². The summed E-state index contributed by atoms with van der Waals surface area (Å²) in [4.78, 5) is 11.0. The Balaban J connectivity index is 2.34. The highest BCUT2D eigenvalue weighted by atomic mass is 16.6. The molecule has 0 heterocycles. The van der Waals surface area contributed by atoms with Crippen molar-refractivity contribution in [2.75, 3.05) is 0 Å². The zero-order chi connectivity index (χ0) is 14.1. The minimum Gasteiger partial charge on any atom is -0.258 e. The molecule has 3 aromatic rings. The summed E-state index contributed by atoms with van der Waals surface area (Å²) in [6, 6.07) is 19.2. The molecule has 0 N–H and O–H groups in total. The van der Waals surface area contributed by atoms with Crippen LogP contribution in [-0.2, 0) is 0 Å². The largest absolute Gasteiger partial charge is 0.277 e. The first-order valence-corrected chi connectivity index (χ1v) is 6.40. The maximum atomic E-state index is 11.3. The van der Waals surface area contributed by atoms with Crippen LogP contribution in [0.25, 0.3) is 21.9 Å². The number of fused-ring (bicyclic) bond motifs is 1. The first kappa shape index (κ1) is 12.4. The maximum absolute atomic E-state index is 11.3. The van der Waals surface area contributed by atoms with Gasteiger partial charge in [0.1, 0.15) is 0 Å². The van der Waals surface area contributed by atoms with E-state index in [2.05, 4.69) is 0 Å². The quantitative estimate of drug-likeness (QED) is 0.495. The molecule has 0 aromatic heterocycles. The van der Waals surface area contributed by atoms with E-state index in [-0.39, 0.29) is 10.6 Å². The second-order valence-corrected chi connectivity index (χ2v) is 4.80. The highest BCUT2D eigenvalue weighted by Crippen LogP contribution is 2.35. The summed E-state index contributed by atoms with van der Waals surface area (Å²) >= 11 is 0. The molecular formula is C17H13NO2. The Hall–Kier alpha value is -2.68. The van der Waals surface area contributed by atoms with Crippen molar-refractivity contribution in [3.05, 3.63) is 76.3 Å². The van der Waals surface area contributed by atoms with Crippen LogP contribution in [0.1, 0.15) is 5.56 Å². The van der Waals surface area contributed by atoms with E-state index in [9.17, 15) is 10.1 Å². The van der Waals surface area contributed by atoms with Crippen LogP contribution in [0.2, 0.25) is 0 Å². The average Bonchev–Trinajstić information content (AvgIpc) is 2.46. The minimum absolute atomic E-state index is 0.154. The van der Waals surface area contributed by atoms with E-state index in [0.29, 0.717) is 5.56 Å². The summed E-state index contributed by atoms with van der Waals surface area (Å²) in [7, 11) is 0. The highest BCUT2D eigenvalue weighted by Gasteiger charge is 2.16. The maximum Gasteiger partial charge on any atom is 0.277 e. The number of aryl methyl sites for hydroxylation is 1. The van der Waals surface area contributed by atoms with Crippen molar-refractivity contribution in [2.24, 2.45) is 0 Å². The van der Waals surface area contributed by atoms with Crippen LogP contribution in [-0.4, -0.2) is 4.92 Å². The third kappa shape index (κ3) is 2.03. The molecular weight excluding hydrogens is 250 g/mol. The molecule has 98 valence electrons. The normalized spacial score (nSPS) is 10.7. The number of hydrogen-bond acceptors (Lipinski definition) is 2. The summed E-state index contributed by atoms with van der Waals surface area (Å²) in [6.07, 6.45) is 0. The molecule has 0 spiro atoms. The summed E-state index contributed by atoms with van der Waals surface area (Å²) in [5.74, 6) is 0. The van der Waals surface area contributed by atoms with Gasteiger partial charge < -0.3 is 0 Å². The van der Waals surface area contributed by atoms with E-state index in [1.165, 1.54) is 0 Å². The number of rotatable bonds is 2. The molecule has 0 aliphatic heterocycles. The van der Waals surface area contributed by atoms with Crippen LogP contribution in [0, 0.1) is 17.0 Å². The fourth-order valence-corrected chi connectivity index (χ4v) is 2.48. The van der Waals surface area contributed by atoms with Gasteiger partial charge in [-0.3, -0.25) is 10.1 Å². The predicted molar refractivity (Wildman–Crippen MR) is 80.8 cm³/mol. The van der Waals surface area contributed by atoms with Gasteiger partial charge in [0, 0.05) is 6.07 Å². The van der Waals surface area contributed by atoms with Crippen molar-refractivity contribution < 1.29 is 4.92 Å². The van der Waals surface area contributed by atoms with E-state index >= 15 is 0 Å². The average molecular weight is 263 g/mol. The van der Waals surface area contributed by atoms with E-state index in [1.54, 1.807) is 6.07 Å². The lowest BCUT2D eigenvalue weighted by atomic mass is 9.96. The fourth-order valence-electron chi connectivity index (χ4n) is 2.48. The Morgan fingerprint density at radius 1 is 0.900 bits per heavy atom. The van der Waals surface area contributed by atoms with Crippen molar-refractivity contribution >= 4 is 16.5 Å². The Morgan fingerprint density at radius 3 is 2.45 bits per heavy atom. The summed E-state index contributed by atoms with van der Waals surface area (Å²) in [5, 5.41) is 13.4. The highest BCUT2D eigenvalue weighted by molar-refractivity contribution is 5.98. The first-order chi connectivity index (χ1) is 9.66. The molecule has 0 fully saturated rings. The number of nitro benzene ring substituents is 1. The molecule has 3 heteroatoms. The van der Waals surface area contributed by atoms with Gasteiger partial charge in [0.15, 0.2) is 0 Å². The summed E-state index contributed by atoms with van der Waals surface area (Å²) in [6.45, 7) is 1.86. The Bertz CT molecular complexity index is 804. The SMILES string of the molecule is Cc1ccc(-c2cccc3ccccc23)c([N+](=O)[O-])c1. The van der Waals surface area contributed by atoms with Crippen molar-refractivity contribution in [3.8, 4) is 11.1 Å². The van der Waals surface area contributed by atoms with Gasteiger partial charge in [-0.1, -0.05) is 48.5 Å². The van der Waals surface area contributed by atoms with Crippen molar-refractivity contribution in [3.63, 3.8) is 0 Å². The molecule has 0 aliphatic rings. The fraction of sp³-hybridized carbons (Fsp3) is 0.0588. The van der Waals surface area contributed by atoms with Crippen molar-refractivity contribution in [1.29, 1.82) is 0 Å². The van der Waals surface area contributed by atoms with Crippen LogP contribution in [0.5, 0.6) is 0 Å². The number of nitro groups is 1. The van der Waals surface area contributed by atoms with Crippen LogP contribution >= 0.6 is 0 Å². The summed E-state index contributed by atoms with van der Waals surface area (Å²) < 4.78 is 0. The number of hydrogen-bond donors (Lipinski definition) is 0. The van der Waals surface area contributed by atoms with Crippen LogP contribution < -0.4 is 0 Å². The second-order valence-electron chi connectivity index (χ2n) is 4.80. The minimum atomic E-state index is -0.315. The summed E-state index contributed by atoms with van der Waals surface area (Å²) in [5.41, 5.74) is 2.61. The lowest BCUT2D eigenvalue weighted by Crippen LogP contribution is -1.93. The molecule has 3 nitrogen and oxygen atoms in total. The molecule has 0 atom stereocenters. The van der Waals surface area contributed by atoms with Gasteiger partial charge in [-0.05, 0) is 34.9 Å². The van der Waals surface area contributed by atoms with Crippen LogP contribution in [0.15, 0.2) is 60.7 Å². The molecule has 3 aromatic carbocycles. The third-order valence-corrected chi connectivity index (χ3v) is 3.43. The van der Waals surface area contributed by atoms with Crippen molar-refractivity contribution in [1.82, 2.24) is 0 Å². The molecule has 3 rings (SSSR count). The van der Waals surface area contributed by atoms with Gasteiger partial charge >= 0.3 is 0 Å². The van der Waals surface area contributed by atoms with Gasteiger partial charge in [0.25, 0.3) is 5.69 Å². The van der Waals surface area contributed by atoms with Gasteiger partial charge in [0.05, 0.1) is 10.5 Å². The first-order valence-electron chi connectivity index (χ1n) is 6.40. The van der Waals surface area contributed by atoms with E-state index < -0.39 is 0 Å². The molecule has 0 bridgehead atoms. The van der Waals surface area contributed by atoms with Gasteiger partial charge in [0.2, 0.25) is 0 Å². The Kier molecular flexibility index (Phi) is 2.95. The van der Waals surface area contributed by atoms with E-state index in [0.717, 1.165) is 21.9 Å². The Morgan fingerprint density at radius 2 is 1.65 bits per heavy atom. The zero-order valence-electron chi connectivity index (χ0n) is 11.0. The van der Waals surface area contributed by atoms with E-state index in [1.807, 2.05) is 61.5 Å². The molecule has 0 radical (unpaired) electrons. The van der Waals surface area contributed by atoms with Gasteiger partial charge in [-0.2, -0.15) is 0 Å². The molecule has 0 amide bonds. The lowest BCUT2D eigenvalue weighted by Gasteiger charge is -2.08. The smallest absolute Gasteiger partial charge is 0.258 e. The zero-order valence-corrected chi connectivity index (χ0v) is 11.0. The molecule has 0 saturated heterocycles. The van der Waals surface area contributed by atoms with Crippen molar-refractivity contribution in [2.45, 2.75) is 6.92 Å². The van der Waals surface area contributed by atoms with Gasteiger partial charge in [-0.25, -0.2) is 0 Å². The molecule has 0 aliphatic carbocycles. The second kappa shape index (κ2) is 4.78. The Labute approximate surface area is 116 Å². The van der Waals surface area contributed by atoms with Crippen LogP contribution in [0.4, 0.5) is 5.69 Å². The third-order valence-electron chi connectivity index (χ3n) is 3.43. The predicted octanol–water partition coefficient (Wildman–Crippen LogP) is 4.72.